The van der Waals surface area contributed by atoms with E-state index in [2.05, 4.69) is 70.8 Å². The minimum atomic E-state index is -0.182. The number of nitrogens with zero attached hydrogens (tertiary/aromatic N) is 3. The molecule has 0 aliphatic carbocycles. The SMILES string of the molecule is CCOC(C)c1noc(CNC(=NC)NC(C)c2ccc(CC(C)C)cc2)n1.I. The maximum Gasteiger partial charge on any atom is 0.246 e. The quantitative estimate of drug-likeness (QED) is 0.293. The van der Waals surface area contributed by atoms with Crippen LogP contribution in [-0.2, 0) is 17.7 Å². The van der Waals surface area contributed by atoms with E-state index < -0.39 is 0 Å². The van der Waals surface area contributed by atoms with E-state index in [1.54, 1.807) is 7.05 Å². The highest BCUT2D eigenvalue weighted by molar-refractivity contribution is 14.0. The summed E-state index contributed by atoms with van der Waals surface area (Å²) < 4.78 is 10.8. The van der Waals surface area contributed by atoms with Gasteiger partial charge in [0.15, 0.2) is 11.8 Å². The second-order valence-electron chi connectivity index (χ2n) is 7.28. The predicted octanol–water partition coefficient (Wildman–Crippen LogP) is 4.41. The summed E-state index contributed by atoms with van der Waals surface area (Å²) in [4.78, 5) is 8.63. The van der Waals surface area contributed by atoms with Crippen molar-refractivity contribution in [2.24, 2.45) is 10.9 Å². The summed E-state index contributed by atoms with van der Waals surface area (Å²) >= 11 is 0. The Morgan fingerprint density at radius 3 is 2.45 bits per heavy atom. The zero-order valence-corrected chi connectivity index (χ0v) is 20.6. The molecule has 0 saturated carbocycles. The Kier molecular flexibility index (Phi) is 11.2. The first kappa shape index (κ1) is 25.4. The topological polar surface area (TPSA) is 84.6 Å². The highest BCUT2D eigenvalue weighted by Gasteiger charge is 2.14. The predicted molar refractivity (Wildman–Crippen MR) is 126 cm³/mol. The molecule has 0 amide bonds. The smallest absolute Gasteiger partial charge is 0.246 e. The van der Waals surface area contributed by atoms with Crippen LogP contribution in [0.2, 0.25) is 0 Å². The van der Waals surface area contributed by atoms with Gasteiger partial charge < -0.3 is 19.9 Å². The van der Waals surface area contributed by atoms with Gasteiger partial charge in [-0.1, -0.05) is 43.3 Å². The molecule has 7 nitrogen and oxygen atoms in total. The van der Waals surface area contributed by atoms with Crippen molar-refractivity contribution < 1.29 is 9.26 Å². The zero-order valence-electron chi connectivity index (χ0n) is 18.2. The second kappa shape index (κ2) is 12.8. The fourth-order valence-electron chi connectivity index (χ4n) is 2.89. The normalized spacial score (nSPS) is 13.7. The number of benzene rings is 1. The lowest BCUT2D eigenvalue weighted by molar-refractivity contribution is 0.0683. The van der Waals surface area contributed by atoms with Crippen LogP contribution in [0.1, 0.15) is 69.6 Å². The fraction of sp³-hybridized carbons (Fsp3) is 0.571. The molecule has 0 saturated heterocycles. The Morgan fingerprint density at radius 2 is 1.86 bits per heavy atom. The molecule has 2 N–H and O–H groups in total. The molecule has 1 heterocycles. The first-order chi connectivity index (χ1) is 13.4. The third-order valence-electron chi connectivity index (χ3n) is 4.37. The van der Waals surface area contributed by atoms with Crippen molar-refractivity contribution in [1.82, 2.24) is 20.8 Å². The van der Waals surface area contributed by atoms with Crippen molar-refractivity contribution in [2.45, 2.75) is 59.7 Å². The van der Waals surface area contributed by atoms with Gasteiger partial charge >= 0.3 is 0 Å². The summed E-state index contributed by atoms with van der Waals surface area (Å²) in [5.41, 5.74) is 2.57. The third-order valence-corrected chi connectivity index (χ3v) is 4.37. The van der Waals surface area contributed by atoms with Gasteiger partial charge in [0.05, 0.1) is 12.6 Å². The number of nitrogens with one attached hydrogen (secondary N) is 2. The molecule has 1 aromatic heterocycles. The molecule has 2 rings (SSSR count). The van der Waals surface area contributed by atoms with Crippen molar-refractivity contribution in [2.75, 3.05) is 13.7 Å². The van der Waals surface area contributed by atoms with E-state index >= 15 is 0 Å². The minimum absolute atomic E-state index is 0. The Bertz CT molecular complexity index is 746. The molecule has 8 heteroatoms. The molecule has 0 fully saturated rings. The fourth-order valence-corrected chi connectivity index (χ4v) is 2.89. The van der Waals surface area contributed by atoms with Crippen molar-refractivity contribution in [3.8, 4) is 0 Å². The van der Waals surface area contributed by atoms with E-state index in [1.165, 1.54) is 11.1 Å². The Morgan fingerprint density at radius 1 is 1.17 bits per heavy atom. The number of aliphatic imine (C=N–C) groups is 1. The van der Waals surface area contributed by atoms with E-state index in [9.17, 15) is 0 Å². The summed E-state index contributed by atoms with van der Waals surface area (Å²) in [6.45, 7) is 11.4. The number of halogens is 1. The Balaban J connectivity index is 0.00000420. The van der Waals surface area contributed by atoms with Crippen LogP contribution >= 0.6 is 24.0 Å². The van der Waals surface area contributed by atoms with Crippen molar-refractivity contribution in [3.05, 3.63) is 47.1 Å². The van der Waals surface area contributed by atoms with Crippen LogP contribution in [-0.4, -0.2) is 29.8 Å². The van der Waals surface area contributed by atoms with Gasteiger partial charge in [-0.05, 0) is 44.2 Å². The van der Waals surface area contributed by atoms with Crippen molar-refractivity contribution >= 4 is 29.9 Å². The van der Waals surface area contributed by atoms with Crippen LogP contribution in [0.3, 0.4) is 0 Å². The van der Waals surface area contributed by atoms with Gasteiger partial charge in [-0.2, -0.15) is 4.98 Å². The molecule has 0 radical (unpaired) electrons. The molecule has 1 aromatic carbocycles. The second-order valence-corrected chi connectivity index (χ2v) is 7.28. The highest BCUT2D eigenvalue weighted by atomic mass is 127. The first-order valence-electron chi connectivity index (χ1n) is 9.93. The standard InChI is InChI=1S/C21H33N5O2.HI/c1-7-27-16(5)20-25-19(28-26-20)13-23-21(22-6)24-15(4)18-10-8-17(9-11-18)12-14(2)3;/h8-11,14-16H,7,12-13H2,1-6H3,(H2,22,23,24);1H. The summed E-state index contributed by atoms with van der Waals surface area (Å²) in [6.07, 6.45) is 0.915. The van der Waals surface area contributed by atoms with Gasteiger partial charge in [-0.3, -0.25) is 4.99 Å². The maximum absolute atomic E-state index is 5.48. The van der Waals surface area contributed by atoms with Gasteiger partial charge in [0.1, 0.15) is 6.10 Å². The van der Waals surface area contributed by atoms with Crippen LogP contribution in [0.4, 0.5) is 0 Å². The number of hydrogen-bond donors (Lipinski definition) is 2. The summed E-state index contributed by atoms with van der Waals surface area (Å²) in [5, 5.41) is 10.6. The van der Waals surface area contributed by atoms with Crippen molar-refractivity contribution in [3.63, 3.8) is 0 Å². The van der Waals surface area contributed by atoms with Gasteiger partial charge in [-0.25, -0.2) is 0 Å². The third kappa shape index (κ3) is 8.30. The van der Waals surface area contributed by atoms with Crippen LogP contribution in [0.5, 0.6) is 0 Å². The molecular weight excluding hydrogens is 481 g/mol. The lowest BCUT2D eigenvalue weighted by atomic mass is 10.00. The summed E-state index contributed by atoms with van der Waals surface area (Å²) in [5.74, 6) is 2.38. The summed E-state index contributed by atoms with van der Waals surface area (Å²) in [7, 11) is 1.74. The summed E-state index contributed by atoms with van der Waals surface area (Å²) in [6, 6.07) is 8.85. The van der Waals surface area contributed by atoms with E-state index in [1.807, 2.05) is 13.8 Å². The van der Waals surface area contributed by atoms with Crippen LogP contribution in [0.25, 0.3) is 0 Å². The number of hydrogen-bond acceptors (Lipinski definition) is 5. The number of aromatic nitrogens is 2. The first-order valence-corrected chi connectivity index (χ1v) is 9.93. The van der Waals surface area contributed by atoms with E-state index in [-0.39, 0.29) is 36.1 Å². The molecule has 0 spiro atoms. The monoisotopic (exact) mass is 515 g/mol. The van der Waals surface area contributed by atoms with Gasteiger partial charge in [-0.15, -0.1) is 24.0 Å². The van der Waals surface area contributed by atoms with Crippen LogP contribution in [0, 0.1) is 5.92 Å². The van der Waals surface area contributed by atoms with Crippen LogP contribution < -0.4 is 10.6 Å². The highest BCUT2D eigenvalue weighted by Crippen LogP contribution is 2.16. The van der Waals surface area contributed by atoms with E-state index in [4.69, 9.17) is 9.26 Å². The lowest BCUT2D eigenvalue weighted by Crippen LogP contribution is -2.38. The molecule has 2 aromatic rings. The molecule has 2 unspecified atom stereocenters. The molecule has 0 bridgehead atoms. The van der Waals surface area contributed by atoms with E-state index in [0.717, 1.165) is 6.42 Å². The molecule has 2 atom stereocenters. The largest absolute Gasteiger partial charge is 0.371 e. The van der Waals surface area contributed by atoms with Gasteiger partial charge in [0.25, 0.3) is 0 Å². The number of ether oxygens (including phenoxy) is 1. The molecule has 0 aliphatic heterocycles. The lowest BCUT2D eigenvalue weighted by Gasteiger charge is -2.18. The molecular formula is C21H34IN5O2. The Hall–Kier alpha value is -1.68. The van der Waals surface area contributed by atoms with Gasteiger partial charge in [0, 0.05) is 13.7 Å². The minimum Gasteiger partial charge on any atom is -0.371 e. The maximum atomic E-state index is 5.48. The van der Waals surface area contributed by atoms with Gasteiger partial charge in [0.2, 0.25) is 5.89 Å². The molecule has 29 heavy (non-hydrogen) atoms. The Labute approximate surface area is 191 Å². The van der Waals surface area contributed by atoms with Crippen LogP contribution in [0.15, 0.2) is 33.8 Å². The van der Waals surface area contributed by atoms with Crippen molar-refractivity contribution in [1.29, 1.82) is 0 Å². The van der Waals surface area contributed by atoms with E-state index in [0.29, 0.717) is 36.7 Å². The zero-order chi connectivity index (χ0) is 20.5. The molecule has 0 aliphatic rings. The molecule has 162 valence electrons. The number of guanidine groups is 1. The average molecular weight is 515 g/mol. The average Bonchev–Trinajstić information content (AvgIpc) is 3.14. The number of rotatable bonds is 9.